The minimum atomic E-state index is 1.12. The van der Waals surface area contributed by atoms with Gasteiger partial charge in [-0.05, 0) is 12.1 Å². The molecule has 1 nitrogen and oxygen atoms in total. The molecule has 0 radical (unpaired) electrons. The molecule has 10 heavy (non-hydrogen) atoms. The van der Waals surface area contributed by atoms with Gasteiger partial charge in [-0.15, -0.1) is 0 Å². The van der Waals surface area contributed by atoms with Crippen molar-refractivity contribution >= 4 is 15.9 Å². The lowest BCUT2D eigenvalue weighted by Gasteiger charge is -1.94. The van der Waals surface area contributed by atoms with Crippen LogP contribution < -0.4 is 0 Å². The molecule has 0 saturated carbocycles. The maximum absolute atomic E-state index is 4.98. The topological polar surface area (TPSA) is 13.1 Å². The summed E-state index contributed by atoms with van der Waals surface area (Å²) in [6.45, 7) is 0. The average Bonchev–Trinajstić information content (AvgIpc) is 2.34. The molecule has 2 aliphatic rings. The predicted octanol–water partition coefficient (Wildman–Crippen LogP) is 3.15. The first-order chi connectivity index (χ1) is 4.88. The van der Waals surface area contributed by atoms with Crippen LogP contribution >= 0.6 is 15.9 Å². The van der Waals surface area contributed by atoms with Crippen LogP contribution in [0.2, 0.25) is 0 Å². The third kappa shape index (κ3) is 0.762. The van der Waals surface area contributed by atoms with Crippen LogP contribution in [0.25, 0.3) is 11.1 Å². The first kappa shape index (κ1) is 5.98. The van der Waals surface area contributed by atoms with Gasteiger partial charge in [-0.2, -0.15) is 0 Å². The first-order valence-corrected chi connectivity index (χ1v) is 3.77. The summed E-state index contributed by atoms with van der Waals surface area (Å²) in [5.74, 6) is 0. The summed E-state index contributed by atoms with van der Waals surface area (Å²) in [6, 6.07) is 5.97. The van der Waals surface area contributed by atoms with Gasteiger partial charge < -0.3 is 4.42 Å². The molecule has 0 aromatic heterocycles. The van der Waals surface area contributed by atoms with E-state index in [9.17, 15) is 0 Å². The fourth-order valence-corrected chi connectivity index (χ4v) is 1.47. The first-order valence-electron chi connectivity index (χ1n) is 2.98. The highest BCUT2D eigenvalue weighted by Gasteiger charge is 2.05. The van der Waals surface area contributed by atoms with E-state index in [-0.39, 0.29) is 0 Å². The standard InChI is InChI=1S/C8H5BrO/c9-8-2-1-6-5-10-4-3-7(6)8/h1-5H. The van der Waals surface area contributed by atoms with Crippen molar-refractivity contribution in [1.29, 1.82) is 0 Å². The molecular formula is C8H5BrO. The van der Waals surface area contributed by atoms with Crippen molar-refractivity contribution in [2.45, 2.75) is 0 Å². The Morgan fingerprint density at radius 1 is 1.20 bits per heavy atom. The van der Waals surface area contributed by atoms with Crippen molar-refractivity contribution in [2.75, 3.05) is 0 Å². The normalized spacial score (nSPS) is 10.5. The fourth-order valence-electron chi connectivity index (χ4n) is 0.979. The second-order valence-electron chi connectivity index (χ2n) is 2.11. The van der Waals surface area contributed by atoms with Gasteiger partial charge in [-0.3, -0.25) is 0 Å². The van der Waals surface area contributed by atoms with Crippen LogP contribution in [0.3, 0.4) is 0 Å². The van der Waals surface area contributed by atoms with Gasteiger partial charge in [-0.25, -0.2) is 0 Å². The number of halogens is 1. The Labute approximate surface area is 67.1 Å². The molecule has 0 bridgehead atoms. The van der Waals surface area contributed by atoms with E-state index in [1.165, 1.54) is 5.56 Å². The molecule has 0 N–H and O–H groups in total. The van der Waals surface area contributed by atoms with Crippen molar-refractivity contribution in [2.24, 2.45) is 0 Å². The van der Waals surface area contributed by atoms with Gasteiger partial charge in [0.1, 0.15) is 0 Å². The fraction of sp³-hybridized carbons (Fsp3) is 0. The van der Waals surface area contributed by atoms with Crippen LogP contribution in [0.1, 0.15) is 0 Å². The van der Waals surface area contributed by atoms with Crippen molar-refractivity contribution in [3.63, 3.8) is 0 Å². The molecule has 0 saturated heterocycles. The Kier molecular flexibility index (Phi) is 1.27. The Hall–Kier alpha value is -0.760. The summed E-state index contributed by atoms with van der Waals surface area (Å²) in [7, 11) is 0. The minimum Gasteiger partial charge on any atom is -0.472 e. The van der Waals surface area contributed by atoms with Crippen molar-refractivity contribution in [3.8, 4) is 11.1 Å². The van der Waals surface area contributed by atoms with Gasteiger partial charge in [0.15, 0.2) is 0 Å². The van der Waals surface area contributed by atoms with Crippen molar-refractivity contribution < 1.29 is 4.42 Å². The van der Waals surface area contributed by atoms with Gasteiger partial charge in [0.05, 0.1) is 12.5 Å². The van der Waals surface area contributed by atoms with Gasteiger partial charge >= 0.3 is 0 Å². The van der Waals surface area contributed by atoms with Crippen LogP contribution in [0.4, 0.5) is 0 Å². The summed E-state index contributed by atoms with van der Waals surface area (Å²) in [5, 5.41) is 0. The van der Waals surface area contributed by atoms with E-state index in [2.05, 4.69) is 15.9 Å². The van der Waals surface area contributed by atoms with Crippen molar-refractivity contribution in [1.82, 2.24) is 0 Å². The zero-order valence-corrected chi connectivity index (χ0v) is 6.76. The third-order valence-electron chi connectivity index (χ3n) is 1.49. The Balaban J connectivity index is 2.78. The van der Waals surface area contributed by atoms with Crippen molar-refractivity contribution in [3.05, 3.63) is 35.2 Å². The minimum absolute atomic E-state index is 1.12. The van der Waals surface area contributed by atoms with E-state index >= 15 is 0 Å². The maximum atomic E-state index is 4.98. The van der Waals surface area contributed by atoms with Gasteiger partial charge in [0.25, 0.3) is 0 Å². The number of rotatable bonds is 0. The van der Waals surface area contributed by atoms with Crippen LogP contribution in [0.15, 0.2) is 39.6 Å². The molecule has 50 valence electrons. The van der Waals surface area contributed by atoms with E-state index in [1.807, 2.05) is 18.2 Å². The Morgan fingerprint density at radius 2 is 2.10 bits per heavy atom. The monoisotopic (exact) mass is 196 g/mol. The van der Waals surface area contributed by atoms with Gasteiger partial charge in [0, 0.05) is 15.6 Å². The van der Waals surface area contributed by atoms with Crippen LogP contribution in [0, 0.1) is 0 Å². The molecule has 1 aliphatic carbocycles. The highest BCUT2D eigenvalue weighted by atomic mass is 79.9. The lowest BCUT2D eigenvalue weighted by atomic mass is 10.2. The zero-order valence-electron chi connectivity index (χ0n) is 5.17. The summed E-state index contributed by atoms with van der Waals surface area (Å²) in [5.41, 5.74) is 2.33. The quantitative estimate of drug-likeness (QED) is 0.632. The second kappa shape index (κ2) is 2.13. The third-order valence-corrected chi connectivity index (χ3v) is 2.18. The molecule has 1 heterocycles. The molecule has 0 amide bonds. The average molecular weight is 197 g/mol. The van der Waals surface area contributed by atoms with E-state index < -0.39 is 0 Å². The highest BCUT2D eigenvalue weighted by molar-refractivity contribution is 9.10. The van der Waals surface area contributed by atoms with E-state index in [0.29, 0.717) is 0 Å². The predicted molar refractivity (Wildman–Crippen MR) is 43.0 cm³/mol. The maximum Gasteiger partial charge on any atom is 0.0980 e. The van der Waals surface area contributed by atoms with E-state index in [1.54, 1.807) is 12.5 Å². The van der Waals surface area contributed by atoms with Crippen LogP contribution in [-0.2, 0) is 0 Å². The molecule has 2 heteroatoms. The van der Waals surface area contributed by atoms with Gasteiger partial charge in [0.2, 0.25) is 0 Å². The molecule has 0 fully saturated rings. The Morgan fingerprint density at radius 3 is 2.90 bits per heavy atom. The summed E-state index contributed by atoms with van der Waals surface area (Å²) in [6.07, 6.45) is 3.41. The Bertz CT molecular complexity index is 313. The van der Waals surface area contributed by atoms with Gasteiger partial charge in [-0.1, -0.05) is 22.0 Å². The number of hydrogen-bond donors (Lipinski definition) is 0. The molecule has 0 aromatic carbocycles. The lowest BCUT2D eigenvalue weighted by Crippen LogP contribution is -1.69. The van der Waals surface area contributed by atoms with Crippen LogP contribution in [-0.4, -0.2) is 0 Å². The molecule has 2 rings (SSSR count). The largest absolute Gasteiger partial charge is 0.472 e. The molecule has 0 atom stereocenters. The SMILES string of the molecule is Brc1ccc2coccc1-2. The molecule has 0 aromatic rings. The summed E-state index contributed by atoms with van der Waals surface area (Å²) < 4.78 is 6.11. The molecular weight excluding hydrogens is 192 g/mol. The van der Waals surface area contributed by atoms with E-state index in [0.717, 1.165) is 10.0 Å². The summed E-state index contributed by atoms with van der Waals surface area (Å²) >= 11 is 3.43. The van der Waals surface area contributed by atoms with Crippen LogP contribution in [0.5, 0.6) is 0 Å². The second-order valence-corrected chi connectivity index (χ2v) is 2.96. The zero-order chi connectivity index (χ0) is 6.97. The number of fused-ring (bicyclic) bond motifs is 1. The molecule has 1 aliphatic heterocycles. The van der Waals surface area contributed by atoms with E-state index in [4.69, 9.17) is 4.42 Å². The smallest absolute Gasteiger partial charge is 0.0980 e. The highest BCUT2D eigenvalue weighted by Crippen LogP contribution is 2.31. The lowest BCUT2D eigenvalue weighted by molar-refractivity contribution is 0.552. The molecule has 0 spiro atoms. The molecule has 0 unspecified atom stereocenters. The summed E-state index contributed by atoms with van der Waals surface area (Å²) in [4.78, 5) is 0. The number of hydrogen-bond acceptors (Lipinski definition) is 1.